The van der Waals surface area contributed by atoms with Crippen molar-refractivity contribution in [2.24, 2.45) is 5.73 Å². The van der Waals surface area contributed by atoms with Gasteiger partial charge in [-0.1, -0.05) is 0 Å². The first-order valence-corrected chi connectivity index (χ1v) is 4.83. The summed E-state index contributed by atoms with van der Waals surface area (Å²) in [6.07, 6.45) is 3.27. The van der Waals surface area contributed by atoms with Crippen LogP contribution >= 0.6 is 0 Å². The minimum Gasteiger partial charge on any atom is -0.346 e. The Kier molecular flexibility index (Phi) is 4.23. The molecule has 3 N–H and O–H groups in total. The number of hydrogen-bond donors (Lipinski definition) is 2. The number of rotatable bonds is 4. The van der Waals surface area contributed by atoms with Gasteiger partial charge in [-0.3, -0.25) is 14.4 Å². The zero-order chi connectivity index (χ0) is 11.3. The van der Waals surface area contributed by atoms with E-state index in [1.165, 1.54) is 4.90 Å². The molecule has 0 aromatic heterocycles. The van der Waals surface area contributed by atoms with Crippen LogP contribution in [0.4, 0.5) is 0 Å². The topological polar surface area (TPSA) is 92.5 Å². The molecule has 1 rings (SSSR count). The molecule has 0 bridgehead atoms. The highest BCUT2D eigenvalue weighted by atomic mass is 16.2. The maximum Gasteiger partial charge on any atom is 0.242 e. The number of hydrogen-bond acceptors (Lipinski definition) is 4. The third kappa shape index (κ3) is 3.02. The van der Waals surface area contributed by atoms with E-state index < -0.39 is 6.04 Å². The predicted octanol–water partition coefficient (Wildman–Crippen LogP) is -1.84. The first-order chi connectivity index (χ1) is 7.19. The quantitative estimate of drug-likeness (QED) is 0.573. The van der Waals surface area contributed by atoms with E-state index in [-0.39, 0.29) is 24.9 Å². The van der Waals surface area contributed by atoms with Crippen molar-refractivity contribution in [3.05, 3.63) is 0 Å². The Morgan fingerprint density at radius 1 is 1.53 bits per heavy atom. The molecule has 1 saturated heterocycles. The minimum absolute atomic E-state index is 0.103. The molecule has 0 spiro atoms. The summed E-state index contributed by atoms with van der Waals surface area (Å²) in [5.41, 5.74) is 5.07. The minimum atomic E-state index is -0.452. The number of nitrogens with two attached hydrogens (primary N) is 1. The van der Waals surface area contributed by atoms with Gasteiger partial charge in [0.1, 0.15) is 0 Å². The second-order valence-corrected chi connectivity index (χ2v) is 3.34. The van der Waals surface area contributed by atoms with Gasteiger partial charge in [0.25, 0.3) is 0 Å². The van der Waals surface area contributed by atoms with Crippen molar-refractivity contribution >= 4 is 18.1 Å². The highest BCUT2D eigenvalue weighted by Gasteiger charge is 2.28. The Labute approximate surface area is 87.8 Å². The summed E-state index contributed by atoms with van der Waals surface area (Å²) >= 11 is 0. The molecule has 0 aromatic carbocycles. The summed E-state index contributed by atoms with van der Waals surface area (Å²) in [4.78, 5) is 34.2. The molecule has 6 heteroatoms. The van der Waals surface area contributed by atoms with Crippen LogP contribution in [0.5, 0.6) is 0 Å². The Morgan fingerprint density at radius 2 is 2.27 bits per heavy atom. The zero-order valence-electron chi connectivity index (χ0n) is 8.36. The van der Waals surface area contributed by atoms with Gasteiger partial charge in [0, 0.05) is 6.54 Å². The van der Waals surface area contributed by atoms with E-state index in [4.69, 9.17) is 5.73 Å². The number of nitrogens with one attached hydrogen (secondary N) is 1. The average Bonchev–Trinajstić information content (AvgIpc) is 2.73. The Balaban J connectivity index is 2.39. The lowest BCUT2D eigenvalue weighted by atomic mass is 10.2. The summed E-state index contributed by atoms with van der Waals surface area (Å²) in [5.74, 6) is -0.642. The van der Waals surface area contributed by atoms with Crippen LogP contribution in [0.2, 0.25) is 0 Å². The molecule has 0 aliphatic carbocycles. The maximum absolute atomic E-state index is 11.5. The fraction of sp³-hybridized carbons (Fsp3) is 0.667. The smallest absolute Gasteiger partial charge is 0.242 e. The molecule has 15 heavy (non-hydrogen) atoms. The zero-order valence-corrected chi connectivity index (χ0v) is 8.36. The van der Waals surface area contributed by atoms with Crippen molar-refractivity contribution in [1.82, 2.24) is 10.2 Å². The lowest BCUT2D eigenvalue weighted by molar-refractivity contribution is -0.132. The highest BCUT2D eigenvalue weighted by Crippen LogP contribution is 2.14. The molecule has 1 atom stereocenters. The van der Waals surface area contributed by atoms with E-state index in [2.05, 4.69) is 5.32 Å². The number of carbonyl (C=O) groups is 2. The molecule has 6 nitrogen and oxygen atoms in total. The summed E-state index contributed by atoms with van der Waals surface area (Å²) in [7, 11) is 0. The summed E-state index contributed by atoms with van der Waals surface area (Å²) in [5, 5.41) is 2.37. The van der Waals surface area contributed by atoms with Gasteiger partial charge in [0.15, 0.2) is 0 Å². The molecule has 0 saturated carbocycles. The van der Waals surface area contributed by atoms with Gasteiger partial charge >= 0.3 is 0 Å². The van der Waals surface area contributed by atoms with Crippen LogP contribution in [0, 0.1) is 0 Å². The van der Waals surface area contributed by atoms with E-state index in [0.717, 1.165) is 6.42 Å². The molecule has 0 unspecified atom stereocenters. The largest absolute Gasteiger partial charge is 0.346 e. The second-order valence-electron chi connectivity index (χ2n) is 3.34. The van der Waals surface area contributed by atoms with E-state index in [1.54, 1.807) is 0 Å². The van der Waals surface area contributed by atoms with Crippen LogP contribution in [0.15, 0.2) is 0 Å². The van der Waals surface area contributed by atoms with Crippen molar-refractivity contribution in [3.8, 4) is 0 Å². The van der Waals surface area contributed by atoms with Crippen molar-refractivity contribution in [1.29, 1.82) is 0 Å². The molecule has 1 heterocycles. The first kappa shape index (κ1) is 11.6. The third-order valence-electron chi connectivity index (χ3n) is 2.33. The molecular weight excluding hydrogens is 198 g/mol. The summed E-state index contributed by atoms with van der Waals surface area (Å²) < 4.78 is 0. The van der Waals surface area contributed by atoms with Gasteiger partial charge in [-0.15, -0.1) is 0 Å². The molecule has 2 amide bonds. The highest BCUT2D eigenvalue weighted by molar-refractivity contribution is 5.87. The molecule has 0 aromatic rings. The monoisotopic (exact) mass is 212 g/mol. The van der Waals surface area contributed by atoms with Gasteiger partial charge in [-0.2, -0.15) is 0 Å². The van der Waals surface area contributed by atoms with E-state index in [1.807, 2.05) is 6.29 Å². The third-order valence-corrected chi connectivity index (χ3v) is 2.33. The normalized spacial score (nSPS) is 20.1. The van der Waals surface area contributed by atoms with E-state index in [9.17, 15) is 14.4 Å². The van der Waals surface area contributed by atoms with Crippen molar-refractivity contribution < 1.29 is 14.4 Å². The fourth-order valence-electron chi connectivity index (χ4n) is 1.54. The SMILES string of the molecule is NCC(=O)NCC(=O)N1CCC[C@H]1[C]=O. The van der Waals surface area contributed by atoms with Gasteiger partial charge in [-0.05, 0) is 12.8 Å². The lowest BCUT2D eigenvalue weighted by Gasteiger charge is -2.19. The number of carbonyl (C=O) groups excluding carboxylic acids is 3. The standard InChI is InChI=1S/C9H14N3O3/c10-4-8(14)11-5-9(15)12-3-1-2-7(12)6-13/h7H,1-5,10H2,(H,11,14)/t7-/m0/s1. The first-order valence-electron chi connectivity index (χ1n) is 4.83. The van der Waals surface area contributed by atoms with E-state index >= 15 is 0 Å². The van der Waals surface area contributed by atoms with Gasteiger partial charge in [0.2, 0.25) is 18.1 Å². The second kappa shape index (κ2) is 5.45. The summed E-state index contributed by atoms with van der Waals surface area (Å²) in [6.45, 7) is 0.308. The van der Waals surface area contributed by atoms with Crippen LogP contribution in [0.3, 0.4) is 0 Å². The fourth-order valence-corrected chi connectivity index (χ4v) is 1.54. The number of likely N-dealkylation sites (tertiary alicyclic amines) is 1. The number of nitrogens with zero attached hydrogens (tertiary/aromatic N) is 1. The Morgan fingerprint density at radius 3 is 2.87 bits per heavy atom. The van der Waals surface area contributed by atoms with E-state index in [0.29, 0.717) is 13.0 Å². The van der Waals surface area contributed by atoms with Gasteiger partial charge < -0.3 is 16.0 Å². The van der Waals surface area contributed by atoms with Crippen molar-refractivity contribution in [2.75, 3.05) is 19.6 Å². The van der Waals surface area contributed by atoms with Crippen LogP contribution in [-0.2, 0) is 14.4 Å². The Hall–Kier alpha value is -1.43. The van der Waals surface area contributed by atoms with Crippen LogP contribution in [0.25, 0.3) is 0 Å². The molecular formula is C9H14N3O3. The molecule has 83 valence electrons. The molecule has 1 aliphatic rings. The van der Waals surface area contributed by atoms with Gasteiger partial charge in [0.05, 0.1) is 19.1 Å². The van der Waals surface area contributed by atoms with Crippen LogP contribution in [0.1, 0.15) is 12.8 Å². The van der Waals surface area contributed by atoms with Crippen molar-refractivity contribution in [2.45, 2.75) is 18.9 Å². The van der Waals surface area contributed by atoms with Crippen molar-refractivity contribution in [3.63, 3.8) is 0 Å². The number of amides is 2. The lowest BCUT2D eigenvalue weighted by Crippen LogP contribution is -2.44. The molecule has 1 radical (unpaired) electrons. The van der Waals surface area contributed by atoms with Gasteiger partial charge in [-0.25, -0.2) is 0 Å². The average molecular weight is 212 g/mol. The summed E-state index contributed by atoms with van der Waals surface area (Å²) in [6, 6.07) is -0.452. The molecule has 1 fully saturated rings. The predicted molar refractivity (Wildman–Crippen MR) is 52.5 cm³/mol. The Bertz CT molecular complexity index is 267. The maximum atomic E-state index is 11.5. The molecule has 1 aliphatic heterocycles. The van der Waals surface area contributed by atoms with Crippen LogP contribution < -0.4 is 11.1 Å². The van der Waals surface area contributed by atoms with Crippen LogP contribution in [-0.4, -0.2) is 48.7 Å².